The molecule has 1 atom stereocenters. The van der Waals surface area contributed by atoms with Gasteiger partial charge in [-0.05, 0) is 12.8 Å². The predicted molar refractivity (Wildman–Crippen MR) is 70.0 cm³/mol. The summed E-state index contributed by atoms with van der Waals surface area (Å²) in [6, 6.07) is 0.473. The molecule has 1 aromatic heterocycles. The van der Waals surface area contributed by atoms with Gasteiger partial charge in [0.2, 0.25) is 0 Å². The largest absolute Gasteiger partial charge is 0.384 e. The number of hydrogen-bond donors (Lipinski definition) is 0. The highest BCUT2D eigenvalue weighted by atomic mass is 16.5. The van der Waals surface area contributed by atoms with Crippen molar-refractivity contribution < 1.29 is 9.53 Å². The van der Waals surface area contributed by atoms with E-state index in [-0.39, 0.29) is 5.92 Å². The fourth-order valence-corrected chi connectivity index (χ4v) is 2.76. The van der Waals surface area contributed by atoms with Crippen molar-refractivity contribution in [1.29, 1.82) is 0 Å². The van der Waals surface area contributed by atoms with Crippen LogP contribution in [-0.4, -0.2) is 29.8 Å². The van der Waals surface area contributed by atoms with Crippen LogP contribution in [0, 0.1) is 0 Å². The van der Waals surface area contributed by atoms with Crippen molar-refractivity contribution in [1.82, 2.24) is 9.78 Å². The van der Waals surface area contributed by atoms with Crippen LogP contribution in [0.3, 0.4) is 0 Å². The lowest BCUT2D eigenvalue weighted by atomic mass is 9.96. The van der Waals surface area contributed by atoms with Gasteiger partial charge in [0.05, 0.1) is 23.9 Å². The van der Waals surface area contributed by atoms with Gasteiger partial charge in [0.1, 0.15) is 0 Å². The van der Waals surface area contributed by atoms with Crippen LogP contribution in [0.15, 0.2) is 6.20 Å². The minimum absolute atomic E-state index is 0.167. The van der Waals surface area contributed by atoms with Crippen molar-refractivity contribution in [2.24, 2.45) is 0 Å². The summed E-state index contributed by atoms with van der Waals surface area (Å²) >= 11 is 0. The zero-order valence-corrected chi connectivity index (χ0v) is 11.3. The average molecular weight is 250 g/mol. The zero-order chi connectivity index (χ0) is 13.0. The number of ether oxygens (including phenoxy) is 1. The summed E-state index contributed by atoms with van der Waals surface area (Å²) in [7, 11) is 1.68. The van der Waals surface area contributed by atoms with E-state index in [4.69, 9.17) is 4.74 Å². The molecule has 1 heterocycles. The van der Waals surface area contributed by atoms with Crippen LogP contribution in [0.25, 0.3) is 0 Å². The van der Waals surface area contributed by atoms with Gasteiger partial charge in [-0.3, -0.25) is 9.48 Å². The molecule has 0 bridgehead atoms. The van der Waals surface area contributed by atoms with Crippen LogP contribution >= 0.6 is 0 Å². The van der Waals surface area contributed by atoms with E-state index in [1.54, 1.807) is 7.11 Å². The molecule has 1 saturated carbocycles. The molecule has 1 fully saturated rings. The Morgan fingerprint density at radius 3 is 2.83 bits per heavy atom. The third-order valence-electron chi connectivity index (χ3n) is 3.75. The lowest BCUT2D eigenvalue weighted by Gasteiger charge is -2.21. The van der Waals surface area contributed by atoms with Crippen LogP contribution < -0.4 is 0 Å². The molecule has 2 rings (SSSR count). The van der Waals surface area contributed by atoms with E-state index in [0.717, 1.165) is 12.0 Å². The number of aldehydes is 1. The van der Waals surface area contributed by atoms with Crippen LogP contribution in [0.4, 0.5) is 0 Å². The molecule has 1 aliphatic rings. The quantitative estimate of drug-likeness (QED) is 0.755. The van der Waals surface area contributed by atoms with Crippen molar-refractivity contribution in [2.45, 2.75) is 51.0 Å². The molecular weight excluding hydrogens is 228 g/mol. The van der Waals surface area contributed by atoms with Crippen LogP contribution in [0.1, 0.15) is 67.0 Å². The molecule has 0 radical (unpaired) electrons. The van der Waals surface area contributed by atoms with E-state index < -0.39 is 0 Å². The van der Waals surface area contributed by atoms with E-state index in [1.807, 2.05) is 17.8 Å². The number of carbonyl (C=O) groups is 1. The SMILES string of the molecule is COCC(C)c1nn(C2CCCCC2)cc1C=O. The molecule has 100 valence electrons. The lowest BCUT2D eigenvalue weighted by Crippen LogP contribution is -2.14. The highest BCUT2D eigenvalue weighted by Crippen LogP contribution is 2.29. The van der Waals surface area contributed by atoms with E-state index in [9.17, 15) is 4.79 Å². The molecule has 4 nitrogen and oxygen atoms in total. The Hall–Kier alpha value is -1.16. The van der Waals surface area contributed by atoms with Gasteiger partial charge in [-0.15, -0.1) is 0 Å². The van der Waals surface area contributed by atoms with Crippen LogP contribution in [-0.2, 0) is 4.74 Å². The summed E-state index contributed by atoms with van der Waals surface area (Å²) in [6.45, 7) is 2.65. The standard InChI is InChI=1S/C14H22N2O2/c1-11(10-18-2)14-12(9-17)8-16(15-14)13-6-4-3-5-7-13/h8-9,11,13H,3-7,10H2,1-2H3. The minimum atomic E-state index is 0.167. The summed E-state index contributed by atoms with van der Waals surface area (Å²) in [4.78, 5) is 11.1. The lowest BCUT2D eigenvalue weighted by molar-refractivity contribution is 0.112. The van der Waals surface area contributed by atoms with E-state index in [0.29, 0.717) is 18.2 Å². The Labute approximate surface area is 108 Å². The fourth-order valence-electron chi connectivity index (χ4n) is 2.76. The molecule has 1 aliphatic carbocycles. The number of rotatable bonds is 5. The summed E-state index contributed by atoms with van der Waals surface area (Å²) in [5.74, 6) is 0.167. The first-order chi connectivity index (χ1) is 8.76. The number of methoxy groups -OCH3 is 1. The molecule has 18 heavy (non-hydrogen) atoms. The van der Waals surface area contributed by atoms with Crippen LogP contribution in [0.5, 0.6) is 0 Å². The Kier molecular flexibility index (Phi) is 4.53. The van der Waals surface area contributed by atoms with E-state index >= 15 is 0 Å². The Morgan fingerprint density at radius 1 is 1.50 bits per heavy atom. The first kappa shape index (κ1) is 13.3. The van der Waals surface area contributed by atoms with Gasteiger partial charge in [0, 0.05) is 19.2 Å². The maximum atomic E-state index is 11.1. The Balaban J connectivity index is 2.19. The molecule has 1 unspecified atom stereocenters. The van der Waals surface area contributed by atoms with Gasteiger partial charge in [0.25, 0.3) is 0 Å². The summed E-state index contributed by atoms with van der Waals surface area (Å²) in [6.07, 6.45) is 9.04. The predicted octanol–water partition coefficient (Wildman–Crippen LogP) is 2.95. The van der Waals surface area contributed by atoms with Crippen molar-refractivity contribution in [2.75, 3.05) is 13.7 Å². The summed E-state index contributed by atoms with van der Waals surface area (Å²) in [5.41, 5.74) is 1.59. The number of hydrogen-bond acceptors (Lipinski definition) is 3. The molecule has 4 heteroatoms. The van der Waals surface area contributed by atoms with E-state index in [2.05, 4.69) is 5.10 Å². The van der Waals surface area contributed by atoms with Crippen molar-refractivity contribution in [3.63, 3.8) is 0 Å². The Morgan fingerprint density at radius 2 is 2.22 bits per heavy atom. The van der Waals surface area contributed by atoms with Crippen LogP contribution in [0.2, 0.25) is 0 Å². The maximum absolute atomic E-state index is 11.1. The number of aromatic nitrogens is 2. The molecule has 0 aromatic carbocycles. The minimum Gasteiger partial charge on any atom is -0.384 e. The summed E-state index contributed by atoms with van der Waals surface area (Å²) in [5, 5.41) is 4.63. The van der Waals surface area contributed by atoms with Gasteiger partial charge < -0.3 is 4.74 Å². The van der Waals surface area contributed by atoms with Gasteiger partial charge in [-0.2, -0.15) is 5.10 Å². The van der Waals surface area contributed by atoms with Gasteiger partial charge >= 0.3 is 0 Å². The van der Waals surface area contributed by atoms with Crippen molar-refractivity contribution in [3.8, 4) is 0 Å². The summed E-state index contributed by atoms with van der Waals surface area (Å²) < 4.78 is 7.15. The number of nitrogens with zero attached hydrogens (tertiary/aromatic N) is 2. The molecule has 0 spiro atoms. The highest BCUT2D eigenvalue weighted by molar-refractivity contribution is 5.76. The van der Waals surface area contributed by atoms with Gasteiger partial charge in [0.15, 0.2) is 6.29 Å². The second-order valence-corrected chi connectivity index (χ2v) is 5.22. The van der Waals surface area contributed by atoms with E-state index in [1.165, 1.54) is 32.1 Å². The highest BCUT2D eigenvalue weighted by Gasteiger charge is 2.20. The molecule has 1 aromatic rings. The third-order valence-corrected chi connectivity index (χ3v) is 3.75. The Bertz CT molecular complexity index is 394. The second kappa shape index (κ2) is 6.14. The van der Waals surface area contributed by atoms with Crippen molar-refractivity contribution >= 4 is 6.29 Å². The molecular formula is C14H22N2O2. The fraction of sp³-hybridized carbons (Fsp3) is 0.714. The molecule has 0 saturated heterocycles. The second-order valence-electron chi connectivity index (χ2n) is 5.22. The molecule has 0 N–H and O–H groups in total. The monoisotopic (exact) mass is 250 g/mol. The van der Waals surface area contributed by atoms with Gasteiger partial charge in [-0.25, -0.2) is 0 Å². The average Bonchev–Trinajstić information content (AvgIpc) is 2.84. The van der Waals surface area contributed by atoms with Gasteiger partial charge in [-0.1, -0.05) is 26.2 Å². The number of carbonyl (C=O) groups excluding carboxylic acids is 1. The molecule has 0 aliphatic heterocycles. The zero-order valence-electron chi connectivity index (χ0n) is 11.3. The maximum Gasteiger partial charge on any atom is 0.153 e. The van der Waals surface area contributed by atoms with Crippen molar-refractivity contribution in [3.05, 3.63) is 17.5 Å². The third kappa shape index (κ3) is 2.80. The first-order valence-electron chi connectivity index (χ1n) is 6.79. The smallest absolute Gasteiger partial charge is 0.153 e. The topological polar surface area (TPSA) is 44.1 Å². The first-order valence-corrected chi connectivity index (χ1v) is 6.79. The molecule has 0 amide bonds. The normalized spacial score (nSPS) is 18.8.